The Kier molecular flexibility index (Phi) is 3.18. The van der Waals surface area contributed by atoms with E-state index in [1.165, 1.54) is 0 Å². The Labute approximate surface area is 128 Å². The van der Waals surface area contributed by atoms with Gasteiger partial charge < -0.3 is 9.47 Å². The number of rotatable bonds is 3. The minimum absolute atomic E-state index is 0.179. The lowest BCUT2D eigenvalue weighted by atomic mass is 9.94. The maximum atomic E-state index is 12.2. The zero-order valence-electron chi connectivity index (χ0n) is 12.1. The largest absolute Gasteiger partial charge is 0.486 e. The Balaban J connectivity index is 1.52. The summed E-state index contributed by atoms with van der Waals surface area (Å²) in [6, 6.07) is 10.1. The Morgan fingerprint density at radius 3 is 2.95 bits per heavy atom. The summed E-state index contributed by atoms with van der Waals surface area (Å²) >= 11 is 0. The van der Waals surface area contributed by atoms with E-state index >= 15 is 0 Å². The van der Waals surface area contributed by atoms with Gasteiger partial charge in [0.1, 0.15) is 12.4 Å². The van der Waals surface area contributed by atoms with E-state index in [0.717, 1.165) is 29.9 Å². The number of nitrogens with zero attached hydrogens (tertiary/aromatic N) is 2. The molecular weight excluding hydrogens is 280 g/mol. The molecular formula is C17H16N2O3. The van der Waals surface area contributed by atoms with Crippen LogP contribution in [0.25, 0.3) is 0 Å². The summed E-state index contributed by atoms with van der Waals surface area (Å²) in [5.74, 6) is 1.63. The van der Waals surface area contributed by atoms with E-state index in [2.05, 4.69) is 4.99 Å². The molecule has 0 fully saturated rings. The predicted molar refractivity (Wildman–Crippen MR) is 81.1 cm³/mol. The Morgan fingerprint density at radius 1 is 1.23 bits per heavy atom. The molecule has 0 aromatic heterocycles. The summed E-state index contributed by atoms with van der Waals surface area (Å²) in [4.78, 5) is 18.4. The molecule has 22 heavy (non-hydrogen) atoms. The molecule has 1 aromatic rings. The molecule has 3 aliphatic rings. The standard InChI is InChI=1S/C17H16N2O3/c20-15-8-4-5-12-9-18-17-19(16(12)15)10-14(22-17)11-21-13-6-2-1-3-7-13/h1-3,6-7,10H,4-5,8-9,11H2. The van der Waals surface area contributed by atoms with Crippen LogP contribution in [-0.2, 0) is 9.53 Å². The third-order valence-electron chi connectivity index (χ3n) is 3.95. The first-order valence-electron chi connectivity index (χ1n) is 7.46. The molecule has 2 aliphatic heterocycles. The highest BCUT2D eigenvalue weighted by atomic mass is 16.5. The lowest BCUT2D eigenvalue weighted by molar-refractivity contribution is -0.117. The molecule has 0 amide bonds. The lowest BCUT2D eigenvalue weighted by Crippen LogP contribution is -2.33. The van der Waals surface area contributed by atoms with Crippen molar-refractivity contribution in [2.75, 3.05) is 13.2 Å². The minimum Gasteiger partial charge on any atom is -0.486 e. The third kappa shape index (κ3) is 2.28. The number of carbonyl (C=O) groups is 1. The van der Waals surface area contributed by atoms with Gasteiger partial charge in [-0.2, -0.15) is 0 Å². The van der Waals surface area contributed by atoms with Crippen LogP contribution in [0.1, 0.15) is 19.3 Å². The second-order valence-corrected chi connectivity index (χ2v) is 5.50. The first-order chi connectivity index (χ1) is 10.8. The fraction of sp³-hybridized carbons (Fsp3) is 0.294. The van der Waals surface area contributed by atoms with Crippen molar-refractivity contribution >= 4 is 11.8 Å². The smallest absolute Gasteiger partial charge is 0.302 e. The average Bonchev–Trinajstić information content (AvgIpc) is 2.97. The number of Topliss-reactive ketones (excluding diaryl/α,β-unsaturated/α-hetero) is 1. The molecule has 5 heteroatoms. The molecule has 0 unspecified atom stereocenters. The van der Waals surface area contributed by atoms with Gasteiger partial charge >= 0.3 is 6.02 Å². The van der Waals surface area contributed by atoms with Crippen LogP contribution < -0.4 is 4.74 Å². The van der Waals surface area contributed by atoms with E-state index < -0.39 is 0 Å². The van der Waals surface area contributed by atoms with Crippen molar-refractivity contribution in [3.05, 3.63) is 53.6 Å². The molecule has 112 valence electrons. The zero-order chi connectivity index (χ0) is 14.9. The SMILES string of the molecule is O=C1CCCC2=C1N1C=C(COc3ccccc3)OC1=NC2. The normalized spacial score (nSPS) is 20.0. The third-order valence-corrected chi connectivity index (χ3v) is 3.95. The van der Waals surface area contributed by atoms with Crippen molar-refractivity contribution in [3.8, 4) is 5.75 Å². The summed E-state index contributed by atoms with van der Waals surface area (Å²) in [5, 5.41) is 0. The van der Waals surface area contributed by atoms with Crippen LogP contribution >= 0.6 is 0 Å². The van der Waals surface area contributed by atoms with Gasteiger partial charge in [-0.1, -0.05) is 18.2 Å². The molecule has 0 saturated heterocycles. The van der Waals surface area contributed by atoms with Gasteiger partial charge in [-0.05, 0) is 30.5 Å². The predicted octanol–water partition coefficient (Wildman–Crippen LogP) is 2.62. The van der Waals surface area contributed by atoms with Crippen molar-refractivity contribution in [2.45, 2.75) is 19.3 Å². The Hall–Kier alpha value is -2.56. The molecule has 4 rings (SSSR count). The molecule has 1 aromatic carbocycles. The van der Waals surface area contributed by atoms with E-state index in [0.29, 0.717) is 31.4 Å². The zero-order valence-corrected chi connectivity index (χ0v) is 12.1. The molecule has 2 heterocycles. The summed E-state index contributed by atoms with van der Waals surface area (Å²) in [5.41, 5.74) is 1.87. The second-order valence-electron chi connectivity index (χ2n) is 5.50. The van der Waals surface area contributed by atoms with Crippen molar-refractivity contribution in [3.63, 3.8) is 0 Å². The number of hydrogen-bond acceptors (Lipinski definition) is 5. The van der Waals surface area contributed by atoms with Gasteiger partial charge in [-0.3, -0.25) is 9.69 Å². The number of amidine groups is 1. The van der Waals surface area contributed by atoms with Gasteiger partial charge in [0.2, 0.25) is 0 Å². The number of aliphatic imine (C=N–C) groups is 1. The Morgan fingerprint density at radius 2 is 2.09 bits per heavy atom. The van der Waals surface area contributed by atoms with Gasteiger partial charge in [-0.15, -0.1) is 0 Å². The average molecular weight is 296 g/mol. The molecule has 0 saturated carbocycles. The summed E-state index contributed by atoms with van der Waals surface area (Å²) in [6.45, 7) is 0.879. The maximum Gasteiger partial charge on any atom is 0.302 e. The number of benzene rings is 1. The van der Waals surface area contributed by atoms with Crippen LogP contribution in [0.5, 0.6) is 5.75 Å². The van der Waals surface area contributed by atoms with E-state index in [-0.39, 0.29) is 5.78 Å². The molecule has 0 radical (unpaired) electrons. The molecule has 0 spiro atoms. The van der Waals surface area contributed by atoms with Crippen molar-refractivity contribution < 1.29 is 14.3 Å². The van der Waals surface area contributed by atoms with Crippen LogP contribution in [0.15, 0.2) is 58.6 Å². The second kappa shape index (κ2) is 5.33. The summed E-state index contributed by atoms with van der Waals surface area (Å²) < 4.78 is 11.4. The number of para-hydroxylation sites is 1. The maximum absolute atomic E-state index is 12.2. The minimum atomic E-state index is 0.179. The molecule has 0 N–H and O–H groups in total. The van der Waals surface area contributed by atoms with E-state index in [1.54, 1.807) is 4.90 Å². The Bertz CT molecular complexity index is 704. The summed E-state index contributed by atoms with van der Waals surface area (Å²) in [6.07, 6.45) is 4.29. The van der Waals surface area contributed by atoms with Crippen LogP contribution in [-0.4, -0.2) is 29.9 Å². The summed E-state index contributed by atoms with van der Waals surface area (Å²) in [7, 11) is 0. The molecule has 0 bridgehead atoms. The van der Waals surface area contributed by atoms with E-state index in [1.807, 2.05) is 36.5 Å². The molecule has 1 aliphatic carbocycles. The quantitative estimate of drug-likeness (QED) is 0.860. The highest BCUT2D eigenvalue weighted by Gasteiger charge is 2.35. The number of ketones is 1. The highest BCUT2D eigenvalue weighted by Crippen LogP contribution is 2.32. The monoisotopic (exact) mass is 296 g/mol. The number of fused-ring (bicyclic) bond motifs is 2. The first-order valence-corrected chi connectivity index (χ1v) is 7.46. The van der Waals surface area contributed by atoms with Gasteiger partial charge in [0.05, 0.1) is 18.4 Å². The van der Waals surface area contributed by atoms with Crippen LogP contribution in [0.3, 0.4) is 0 Å². The lowest BCUT2D eigenvalue weighted by Gasteiger charge is -2.27. The van der Waals surface area contributed by atoms with E-state index in [9.17, 15) is 4.79 Å². The van der Waals surface area contributed by atoms with Crippen LogP contribution in [0, 0.1) is 0 Å². The number of carbonyl (C=O) groups excluding carboxylic acids is 1. The molecule has 0 atom stereocenters. The van der Waals surface area contributed by atoms with Crippen LogP contribution in [0.2, 0.25) is 0 Å². The number of allylic oxidation sites excluding steroid dienone is 1. The van der Waals surface area contributed by atoms with Gasteiger partial charge in [0.15, 0.2) is 11.5 Å². The number of hydrogen-bond donors (Lipinski definition) is 0. The first kappa shape index (κ1) is 13.1. The number of ether oxygens (including phenoxy) is 2. The topological polar surface area (TPSA) is 51.1 Å². The van der Waals surface area contributed by atoms with Crippen molar-refractivity contribution in [1.82, 2.24) is 4.90 Å². The fourth-order valence-electron chi connectivity index (χ4n) is 2.92. The molecule has 5 nitrogen and oxygen atoms in total. The van der Waals surface area contributed by atoms with E-state index in [4.69, 9.17) is 9.47 Å². The van der Waals surface area contributed by atoms with Gasteiger partial charge in [0.25, 0.3) is 0 Å². The highest BCUT2D eigenvalue weighted by molar-refractivity contribution is 6.02. The van der Waals surface area contributed by atoms with Gasteiger partial charge in [0, 0.05) is 6.42 Å². The fourth-order valence-corrected chi connectivity index (χ4v) is 2.92. The van der Waals surface area contributed by atoms with Crippen molar-refractivity contribution in [2.24, 2.45) is 4.99 Å². The van der Waals surface area contributed by atoms with Gasteiger partial charge in [-0.25, -0.2) is 4.99 Å². The van der Waals surface area contributed by atoms with Crippen LogP contribution in [0.4, 0.5) is 0 Å². The van der Waals surface area contributed by atoms with Crippen molar-refractivity contribution in [1.29, 1.82) is 0 Å².